The van der Waals surface area contributed by atoms with Crippen molar-refractivity contribution in [1.82, 2.24) is 15.5 Å². The SMILES string of the molecule is CCNC(=NCCOc1cccc(C(C)(C)C)c1)NC1CCN(C(=O)C(C)C)CC1. The zero-order chi connectivity index (χ0) is 22.1. The van der Waals surface area contributed by atoms with E-state index in [2.05, 4.69) is 55.5 Å². The third kappa shape index (κ3) is 7.54. The first-order valence-corrected chi connectivity index (χ1v) is 11.3. The highest BCUT2D eigenvalue weighted by molar-refractivity contribution is 5.80. The number of hydrogen-bond donors (Lipinski definition) is 2. The average Bonchev–Trinajstić information content (AvgIpc) is 2.71. The van der Waals surface area contributed by atoms with Crippen molar-refractivity contribution < 1.29 is 9.53 Å². The zero-order valence-corrected chi connectivity index (χ0v) is 19.6. The van der Waals surface area contributed by atoms with Crippen molar-refractivity contribution in [3.63, 3.8) is 0 Å². The van der Waals surface area contributed by atoms with Crippen LogP contribution in [-0.2, 0) is 10.2 Å². The summed E-state index contributed by atoms with van der Waals surface area (Å²) in [6.45, 7) is 16.1. The van der Waals surface area contributed by atoms with Gasteiger partial charge in [0.15, 0.2) is 5.96 Å². The lowest BCUT2D eigenvalue weighted by atomic mass is 9.87. The molecule has 1 aliphatic rings. The third-order valence-electron chi connectivity index (χ3n) is 5.32. The maximum absolute atomic E-state index is 12.2. The van der Waals surface area contributed by atoms with Crippen LogP contribution < -0.4 is 15.4 Å². The summed E-state index contributed by atoms with van der Waals surface area (Å²) in [6, 6.07) is 8.62. The van der Waals surface area contributed by atoms with E-state index in [9.17, 15) is 4.79 Å². The zero-order valence-electron chi connectivity index (χ0n) is 19.6. The van der Waals surface area contributed by atoms with Gasteiger partial charge in [-0.2, -0.15) is 0 Å². The Bertz CT molecular complexity index is 701. The van der Waals surface area contributed by atoms with E-state index in [1.54, 1.807) is 0 Å². The van der Waals surface area contributed by atoms with Gasteiger partial charge in [-0.1, -0.05) is 46.8 Å². The number of likely N-dealkylation sites (tertiary alicyclic amines) is 1. The summed E-state index contributed by atoms with van der Waals surface area (Å²) >= 11 is 0. The summed E-state index contributed by atoms with van der Waals surface area (Å²) in [7, 11) is 0. The first-order chi connectivity index (χ1) is 14.2. The molecule has 30 heavy (non-hydrogen) atoms. The molecular weight excluding hydrogens is 376 g/mol. The van der Waals surface area contributed by atoms with Gasteiger partial charge in [0.25, 0.3) is 0 Å². The first-order valence-electron chi connectivity index (χ1n) is 11.3. The van der Waals surface area contributed by atoms with E-state index in [0.29, 0.717) is 19.2 Å². The number of hydrogen-bond acceptors (Lipinski definition) is 3. The topological polar surface area (TPSA) is 66.0 Å². The number of carbonyl (C=O) groups excluding carboxylic acids is 1. The van der Waals surface area contributed by atoms with E-state index in [-0.39, 0.29) is 17.2 Å². The summed E-state index contributed by atoms with van der Waals surface area (Å²) < 4.78 is 5.92. The standard InChI is InChI=1S/C24H40N4O2/c1-7-25-23(27-20-11-14-28(15-12-20)22(29)18(2)3)26-13-16-30-21-10-8-9-19(17-21)24(4,5)6/h8-10,17-18,20H,7,11-16H2,1-6H3,(H2,25,26,27). The molecule has 168 valence electrons. The quantitative estimate of drug-likeness (QED) is 0.405. The predicted molar refractivity (Wildman–Crippen MR) is 124 cm³/mol. The Labute approximate surface area is 182 Å². The summed E-state index contributed by atoms with van der Waals surface area (Å²) in [6.07, 6.45) is 1.89. The molecule has 0 aliphatic carbocycles. The molecule has 0 atom stereocenters. The van der Waals surface area contributed by atoms with Gasteiger partial charge >= 0.3 is 0 Å². The fraction of sp³-hybridized carbons (Fsp3) is 0.667. The number of aliphatic imine (C=N–C) groups is 1. The second-order valence-electron chi connectivity index (χ2n) is 9.29. The molecule has 0 unspecified atom stereocenters. The molecular formula is C24H40N4O2. The highest BCUT2D eigenvalue weighted by Crippen LogP contribution is 2.25. The molecule has 0 aromatic heterocycles. The van der Waals surface area contributed by atoms with E-state index in [1.165, 1.54) is 5.56 Å². The fourth-order valence-corrected chi connectivity index (χ4v) is 3.50. The van der Waals surface area contributed by atoms with Gasteiger partial charge in [0.1, 0.15) is 12.4 Å². The molecule has 1 aromatic rings. The van der Waals surface area contributed by atoms with Crippen molar-refractivity contribution in [2.24, 2.45) is 10.9 Å². The Morgan fingerprint density at radius 2 is 1.97 bits per heavy atom. The molecule has 2 N–H and O–H groups in total. The van der Waals surface area contributed by atoms with E-state index < -0.39 is 0 Å². The summed E-state index contributed by atoms with van der Waals surface area (Å²) in [5.41, 5.74) is 1.37. The Morgan fingerprint density at radius 1 is 1.27 bits per heavy atom. The van der Waals surface area contributed by atoms with Gasteiger partial charge in [-0.25, -0.2) is 4.99 Å². The van der Waals surface area contributed by atoms with Gasteiger partial charge in [0.2, 0.25) is 5.91 Å². The Kier molecular flexibility index (Phi) is 9.00. The number of amides is 1. The molecule has 1 fully saturated rings. The van der Waals surface area contributed by atoms with Gasteiger partial charge in [-0.3, -0.25) is 4.79 Å². The van der Waals surface area contributed by atoms with Crippen LogP contribution >= 0.6 is 0 Å². The van der Waals surface area contributed by atoms with Crippen LogP contribution in [0.5, 0.6) is 5.75 Å². The van der Waals surface area contributed by atoms with Gasteiger partial charge in [-0.05, 0) is 42.9 Å². The van der Waals surface area contributed by atoms with Crippen molar-refractivity contribution in [1.29, 1.82) is 0 Å². The lowest BCUT2D eigenvalue weighted by Gasteiger charge is -2.34. The first kappa shape index (κ1) is 24.0. The minimum Gasteiger partial charge on any atom is -0.492 e. The number of guanidine groups is 1. The molecule has 1 aromatic carbocycles. The van der Waals surface area contributed by atoms with Crippen molar-refractivity contribution in [3.8, 4) is 5.75 Å². The van der Waals surface area contributed by atoms with E-state index in [0.717, 1.165) is 44.2 Å². The van der Waals surface area contributed by atoms with Crippen LogP contribution in [0.25, 0.3) is 0 Å². The molecule has 1 amide bonds. The minimum absolute atomic E-state index is 0.0671. The van der Waals surface area contributed by atoms with E-state index >= 15 is 0 Å². The lowest BCUT2D eigenvalue weighted by Crippen LogP contribution is -2.50. The highest BCUT2D eigenvalue weighted by atomic mass is 16.5. The van der Waals surface area contributed by atoms with Crippen molar-refractivity contribution in [2.75, 3.05) is 32.8 Å². The van der Waals surface area contributed by atoms with Crippen LogP contribution in [-0.4, -0.2) is 55.6 Å². The number of benzene rings is 1. The minimum atomic E-state index is 0.0671. The molecule has 1 aliphatic heterocycles. The molecule has 0 spiro atoms. The summed E-state index contributed by atoms with van der Waals surface area (Å²) in [5, 5.41) is 6.83. The Balaban J connectivity index is 1.82. The smallest absolute Gasteiger partial charge is 0.225 e. The molecule has 0 bridgehead atoms. The maximum Gasteiger partial charge on any atom is 0.225 e. The van der Waals surface area contributed by atoms with Crippen molar-refractivity contribution in [2.45, 2.75) is 65.8 Å². The number of rotatable bonds is 7. The number of piperidine rings is 1. The molecule has 1 saturated heterocycles. The normalized spacial score (nSPS) is 16.0. The van der Waals surface area contributed by atoms with Crippen LogP contribution in [0.15, 0.2) is 29.3 Å². The number of nitrogens with one attached hydrogen (secondary N) is 2. The number of carbonyl (C=O) groups is 1. The third-order valence-corrected chi connectivity index (χ3v) is 5.32. The van der Waals surface area contributed by atoms with Crippen molar-refractivity contribution in [3.05, 3.63) is 29.8 Å². The average molecular weight is 417 g/mol. The van der Waals surface area contributed by atoms with Crippen LogP contribution in [0, 0.1) is 5.92 Å². The second kappa shape index (κ2) is 11.2. The van der Waals surface area contributed by atoms with Gasteiger partial charge in [0, 0.05) is 31.6 Å². The predicted octanol–water partition coefficient (Wildman–Crippen LogP) is 3.57. The molecule has 0 saturated carbocycles. The highest BCUT2D eigenvalue weighted by Gasteiger charge is 2.24. The maximum atomic E-state index is 12.2. The van der Waals surface area contributed by atoms with Gasteiger partial charge in [-0.15, -0.1) is 0 Å². The second-order valence-corrected chi connectivity index (χ2v) is 9.29. The lowest BCUT2D eigenvalue weighted by molar-refractivity contribution is -0.135. The van der Waals surface area contributed by atoms with E-state index in [4.69, 9.17) is 4.74 Å². The molecule has 0 radical (unpaired) electrons. The van der Waals surface area contributed by atoms with Gasteiger partial charge in [0.05, 0.1) is 6.54 Å². The van der Waals surface area contributed by atoms with Crippen LogP contribution in [0.3, 0.4) is 0 Å². The largest absolute Gasteiger partial charge is 0.492 e. The van der Waals surface area contributed by atoms with Gasteiger partial charge < -0.3 is 20.3 Å². The van der Waals surface area contributed by atoms with Crippen LogP contribution in [0.2, 0.25) is 0 Å². The number of ether oxygens (including phenoxy) is 1. The molecule has 6 heteroatoms. The molecule has 2 rings (SSSR count). The summed E-state index contributed by atoms with van der Waals surface area (Å²) in [5.74, 6) is 2.02. The van der Waals surface area contributed by atoms with Crippen LogP contribution in [0.4, 0.5) is 0 Å². The van der Waals surface area contributed by atoms with Crippen LogP contribution in [0.1, 0.15) is 59.9 Å². The van der Waals surface area contributed by atoms with E-state index in [1.807, 2.05) is 30.9 Å². The van der Waals surface area contributed by atoms with Crippen molar-refractivity contribution >= 4 is 11.9 Å². The fourth-order valence-electron chi connectivity index (χ4n) is 3.50. The number of nitrogens with zero attached hydrogens (tertiary/aromatic N) is 2. The monoisotopic (exact) mass is 416 g/mol. The molecule has 6 nitrogen and oxygen atoms in total. The Hall–Kier alpha value is -2.24. The Morgan fingerprint density at radius 3 is 2.57 bits per heavy atom. The summed E-state index contributed by atoms with van der Waals surface area (Å²) in [4.78, 5) is 18.8. The molecule has 1 heterocycles.